The fourth-order valence-corrected chi connectivity index (χ4v) is 2.94. The van der Waals surface area contributed by atoms with Crippen molar-refractivity contribution in [2.45, 2.75) is 13.3 Å². The molecule has 7 heteroatoms. The molecule has 0 amide bonds. The van der Waals surface area contributed by atoms with Crippen LogP contribution in [0.1, 0.15) is 13.3 Å². The molecular formula is C22H23F2N3O2. The number of hydrogen-bond acceptors (Lipinski definition) is 4. The fourth-order valence-electron chi connectivity index (χ4n) is 2.94. The van der Waals surface area contributed by atoms with E-state index >= 15 is 0 Å². The van der Waals surface area contributed by atoms with Crippen molar-refractivity contribution in [3.63, 3.8) is 0 Å². The third-order valence-electron chi connectivity index (χ3n) is 4.44. The fraction of sp³-hybridized carbons (Fsp3) is 0.227. The minimum Gasteiger partial charge on any atom is -0.454 e. The number of anilines is 2. The average Bonchev–Trinajstić information content (AvgIpc) is 2.71. The van der Waals surface area contributed by atoms with Gasteiger partial charge >= 0.3 is 0 Å². The summed E-state index contributed by atoms with van der Waals surface area (Å²) in [6.45, 7) is 2.86. The Morgan fingerprint density at radius 3 is 2.52 bits per heavy atom. The van der Waals surface area contributed by atoms with Crippen LogP contribution >= 0.6 is 0 Å². The third kappa shape index (κ3) is 4.56. The molecule has 5 nitrogen and oxygen atoms in total. The standard InChI is InChI=1S/C22H23F2N3O2/c1-4-9-26-16-6-8-20(29-21-7-5-15(23)11-18(21)24)17(12-16)14-10-19(25-2)22(28)27(3)13-14/h5-8,10-13,25-26H,4,9H2,1-3H3. The van der Waals surface area contributed by atoms with Crippen LogP contribution in [-0.2, 0) is 7.05 Å². The number of pyridine rings is 1. The second kappa shape index (κ2) is 8.77. The Kier molecular flexibility index (Phi) is 6.16. The van der Waals surface area contributed by atoms with Gasteiger partial charge in [0.15, 0.2) is 11.6 Å². The normalized spacial score (nSPS) is 10.7. The van der Waals surface area contributed by atoms with E-state index < -0.39 is 11.6 Å². The first-order valence-corrected chi connectivity index (χ1v) is 9.32. The molecule has 0 saturated heterocycles. The number of nitrogens with one attached hydrogen (secondary N) is 2. The zero-order chi connectivity index (χ0) is 21.0. The maximum Gasteiger partial charge on any atom is 0.273 e. The number of benzene rings is 2. The third-order valence-corrected chi connectivity index (χ3v) is 4.44. The van der Waals surface area contributed by atoms with Crippen molar-refractivity contribution in [1.29, 1.82) is 0 Å². The molecule has 0 aliphatic rings. The summed E-state index contributed by atoms with van der Waals surface area (Å²) in [6, 6.07) is 10.3. The summed E-state index contributed by atoms with van der Waals surface area (Å²) in [7, 11) is 3.33. The lowest BCUT2D eigenvalue weighted by molar-refractivity contribution is 0.439. The van der Waals surface area contributed by atoms with Gasteiger partial charge in [-0.15, -0.1) is 0 Å². The van der Waals surface area contributed by atoms with Gasteiger partial charge in [-0.1, -0.05) is 6.92 Å². The molecule has 2 aromatic carbocycles. The molecule has 0 bridgehead atoms. The van der Waals surface area contributed by atoms with E-state index in [0.717, 1.165) is 30.8 Å². The molecule has 0 radical (unpaired) electrons. The molecule has 0 saturated carbocycles. The molecular weight excluding hydrogens is 376 g/mol. The maximum atomic E-state index is 14.1. The summed E-state index contributed by atoms with van der Waals surface area (Å²) in [5, 5.41) is 6.19. The van der Waals surface area contributed by atoms with Gasteiger partial charge in [-0.3, -0.25) is 4.79 Å². The number of nitrogens with zero attached hydrogens (tertiary/aromatic N) is 1. The maximum absolute atomic E-state index is 14.1. The largest absolute Gasteiger partial charge is 0.454 e. The van der Waals surface area contributed by atoms with E-state index in [1.807, 2.05) is 12.1 Å². The van der Waals surface area contributed by atoms with Gasteiger partial charge in [-0.05, 0) is 42.8 Å². The van der Waals surface area contributed by atoms with Gasteiger partial charge in [0.05, 0.1) is 0 Å². The highest BCUT2D eigenvalue weighted by molar-refractivity contribution is 5.76. The smallest absolute Gasteiger partial charge is 0.273 e. The summed E-state index contributed by atoms with van der Waals surface area (Å²) in [5.74, 6) is -1.16. The molecule has 0 aliphatic heterocycles. The lowest BCUT2D eigenvalue weighted by Crippen LogP contribution is -2.19. The van der Waals surface area contributed by atoms with Gasteiger partial charge in [0.25, 0.3) is 5.56 Å². The monoisotopic (exact) mass is 399 g/mol. The Morgan fingerprint density at radius 1 is 1.07 bits per heavy atom. The Balaban J connectivity index is 2.11. The SMILES string of the molecule is CCCNc1ccc(Oc2ccc(F)cc2F)c(-c2cc(NC)c(=O)n(C)c2)c1. The highest BCUT2D eigenvalue weighted by atomic mass is 19.1. The Bertz CT molecular complexity index is 1080. The lowest BCUT2D eigenvalue weighted by Gasteiger charge is -2.16. The molecule has 0 fully saturated rings. The number of hydrogen-bond donors (Lipinski definition) is 2. The van der Waals surface area contributed by atoms with E-state index in [1.54, 1.807) is 32.4 Å². The first-order valence-electron chi connectivity index (χ1n) is 9.32. The van der Waals surface area contributed by atoms with Crippen LogP contribution in [0.5, 0.6) is 11.5 Å². The highest BCUT2D eigenvalue weighted by Crippen LogP contribution is 2.36. The molecule has 1 heterocycles. The van der Waals surface area contributed by atoms with Crippen LogP contribution in [0.3, 0.4) is 0 Å². The summed E-state index contributed by atoms with van der Waals surface area (Å²) in [6.07, 6.45) is 2.65. The first kappa shape index (κ1) is 20.4. The quantitative estimate of drug-likeness (QED) is 0.588. The molecule has 0 aliphatic carbocycles. The van der Waals surface area contributed by atoms with Crippen LogP contribution in [0, 0.1) is 11.6 Å². The molecule has 1 aromatic heterocycles. The van der Waals surface area contributed by atoms with Crippen LogP contribution in [0.25, 0.3) is 11.1 Å². The minimum atomic E-state index is -0.791. The molecule has 152 valence electrons. The summed E-state index contributed by atoms with van der Waals surface area (Å²) < 4.78 is 34.6. The summed E-state index contributed by atoms with van der Waals surface area (Å²) in [5.41, 5.74) is 2.52. The van der Waals surface area contributed by atoms with E-state index in [-0.39, 0.29) is 11.3 Å². The topological polar surface area (TPSA) is 55.3 Å². The number of rotatable bonds is 7. The molecule has 0 atom stereocenters. The van der Waals surface area contributed by atoms with Crippen LogP contribution < -0.4 is 20.9 Å². The van der Waals surface area contributed by atoms with Crippen LogP contribution in [0.2, 0.25) is 0 Å². The summed E-state index contributed by atoms with van der Waals surface area (Å²) in [4.78, 5) is 12.2. The molecule has 0 spiro atoms. The highest BCUT2D eigenvalue weighted by Gasteiger charge is 2.14. The van der Waals surface area contributed by atoms with Crippen molar-refractivity contribution in [1.82, 2.24) is 4.57 Å². The Hall–Kier alpha value is -3.35. The average molecular weight is 399 g/mol. The number of aryl methyl sites for hydroxylation is 1. The van der Waals surface area contributed by atoms with Crippen molar-refractivity contribution in [2.75, 3.05) is 24.2 Å². The van der Waals surface area contributed by atoms with E-state index in [9.17, 15) is 13.6 Å². The van der Waals surface area contributed by atoms with Gasteiger partial charge in [-0.2, -0.15) is 0 Å². The van der Waals surface area contributed by atoms with Gasteiger partial charge < -0.3 is 19.9 Å². The van der Waals surface area contributed by atoms with Crippen LogP contribution in [0.15, 0.2) is 53.5 Å². The molecule has 29 heavy (non-hydrogen) atoms. The molecule has 2 N–H and O–H groups in total. The van der Waals surface area contributed by atoms with Crippen LogP contribution in [-0.4, -0.2) is 18.2 Å². The van der Waals surface area contributed by atoms with E-state index in [1.165, 1.54) is 10.6 Å². The number of ether oxygens (including phenoxy) is 1. The number of halogens is 2. The van der Waals surface area contributed by atoms with Crippen LogP contribution in [0.4, 0.5) is 20.2 Å². The van der Waals surface area contributed by atoms with Crippen molar-refractivity contribution in [2.24, 2.45) is 7.05 Å². The molecule has 3 rings (SSSR count). The zero-order valence-corrected chi connectivity index (χ0v) is 16.6. The number of aromatic nitrogens is 1. The van der Waals surface area contributed by atoms with E-state index in [2.05, 4.69) is 17.6 Å². The van der Waals surface area contributed by atoms with Crippen molar-refractivity contribution < 1.29 is 13.5 Å². The van der Waals surface area contributed by atoms with Crippen molar-refractivity contribution in [3.05, 3.63) is 70.6 Å². The van der Waals surface area contributed by atoms with Gasteiger partial charge in [0.1, 0.15) is 17.3 Å². The Labute approximate surface area is 168 Å². The lowest BCUT2D eigenvalue weighted by atomic mass is 10.0. The Morgan fingerprint density at radius 2 is 1.83 bits per heavy atom. The predicted octanol–water partition coefficient (Wildman–Crippen LogP) is 4.99. The first-order chi connectivity index (χ1) is 13.9. The molecule has 0 unspecified atom stereocenters. The predicted molar refractivity (Wildman–Crippen MR) is 112 cm³/mol. The van der Waals surface area contributed by atoms with E-state index in [4.69, 9.17) is 4.74 Å². The van der Waals surface area contributed by atoms with Gasteiger partial charge in [-0.25, -0.2) is 8.78 Å². The van der Waals surface area contributed by atoms with Crippen molar-refractivity contribution >= 4 is 11.4 Å². The second-order valence-electron chi connectivity index (χ2n) is 6.62. The molecule has 3 aromatic rings. The van der Waals surface area contributed by atoms with Crippen molar-refractivity contribution in [3.8, 4) is 22.6 Å². The van der Waals surface area contributed by atoms with Gasteiger partial charge in [0.2, 0.25) is 0 Å². The van der Waals surface area contributed by atoms with Gasteiger partial charge in [0, 0.05) is 49.7 Å². The zero-order valence-electron chi connectivity index (χ0n) is 16.6. The second-order valence-corrected chi connectivity index (χ2v) is 6.62. The summed E-state index contributed by atoms with van der Waals surface area (Å²) >= 11 is 0. The minimum absolute atomic E-state index is 0.0828. The van der Waals surface area contributed by atoms with E-state index in [0.29, 0.717) is 22.6 Å².